The third kappa shape index (κ3) is 2.29. The van der Waals surface area contributed by atoms with E-state index in [0.29, 0.717) is 16.6 Å². The third-order valence-electron chi connectivity index (χ3n) is 5.56. The van der Waals surface area contributed by atoms with Gasteiger partial charge >= 0.3 is 0 Å². The monoisotopic (exact) mass is 418 g/mol. The predicted octanol–water partition coefficient (Wildman–Crippen LogP) is 1.33. The number of benzene rings is 2. The van der Waals surface area contributed by atoms with Crippen LogP contribution in [0.4, 0.5) is 5.69 Å². The van der Waals surface area contributed by atoms with Crippen molar-refractivity contribution >= 4 is 51.6 Å². The van der Waals surface area contributed by atoms with Gasteiger partial charge in [-0.1, -0.05) is 36.4 Å². The summed E-state index contributed by atoms with van der Waals surface area (Å²) in [6.45, 7) is 0. The number of hydrogen-bond acceptors (Lipinski definition) is 6. The smallest absolute Gasteiger partial charge is 0.241 e. The van der Waals surface area contributed by atoms with Crippen molar-refractivity contribution in [2.45, 2.75) is 5.41 Å². The van der Waals surface area contributed by atoms with E-state index >= 15 is 0 Å². The average molecular weight is 418 g/mol. The second-order valence-corrected chi connectivity index (χ2v) is 7.49. The molecule has 0 spiro atoms. The van der Waals surface area contributed by atoms with Gasteiger partial charge in [0.1, 0.15) is 22.6 Å². The number of pyridine rings is 1. The number of nitrogens with one attached hydrogen (secondary N) is 3. The Balaban J connectivity index is 1.87. The van der Waals surface area contributed by atoms with Crippen molar-refractivity contribution in [3.8, 4) is 5.75 Å². The van der Waals surface area contributed by atoms with E-state index < -0.39 is 29.1 Å². The molecule has 2 aliphatic heterocycles. The fourth-order valence-electron chi connectivity index (χ4n) is 4.35. The zero-order valence-electron chi connectivity index (χ0n) is 15.3. The van der Waals surface area contributed by atoms with Crippen LogP contribution in [0, 0.1) is 5.92 Å². The number of phenolic OH excluding ortho intramolecular Hbond substituents is 1. The summed E-state index contributed by atoms with van der Waals surface area (Å²) in [5.74, 6) is -3.82. The molecular formula is C21H14N4O4S. The Morgan fingerprint density at radius 1 is 0.900 bits per heavy atom. The number of nitrogens with zero attached hydrogens (tertiary/aromatic N) is 1. The van der Waals surface area contributed by atoms with Crippen LogP contribution >= 0.6 is 12.2 Å². The van der Waals surface area contributed by atoms with Crippen LogP contribution in [-0.4, -0.2) is 32.9 Å². The molecule has 3 heterocycles. The maximum absolute atomic E-state index is 13.5. The molecule has 2 aromatic carbocycles. The third-order valence-corrected chi connectivity index (χ3v) is 5.77. The van der Waals surface area contributed by atoms with E-state index in [-0.39, 0.29) is 21.9 Å². The minimum Gasteiger partial charge on any atom is -0.505 e. The summed E-state index contributed by atoms with van der Waals surface area (Å²) in [5.41, 5.74) is -0.574. The standard InChI is InChI=1S/C21H14N4O4S/c26-16-12(8-7-10-4-3-9-22-15(10)16)21(14-17(27)24-20(30)25-18(14)28)11-5-1-2-6-13(11)23-19(21)29/h1-9,14,26H,(H,23,29)(H2,24,25,27,28,30). The van der Waals surface area contributed by atoms with Crippen LogP contribution in [0.15, 0.2) is 54.7 Å². The number of thiocarbonyl (C=S) groups is 1. The van der Waals surface area contributed by atoms with Crippen LogP contribution < -0.4 is 16.0 Å². The SMILES string of the molecule is O=C1NC(=S)NC(=O)C1C1(c2ccc3cccnc3c2O)C(=O)Nc2ccccc21. The number of anilines is 1. The molecule has 8 nitrogen and oxygen atoms in total. The summed E-state index contributed by atoms with van der Waals surface area (Å²) in [7, 11) is 0. The van der Waals surface area contributed by atoms with E-state index in [9.17, 15) is 19.5 Å². The van der Waals surface area contributed by atoms with Crippen molar-refractivity contribution in [1.29, 1.82) is 0 Å². The Labute approximate surface area is 175 Å². The van der Waals surface area contributed by atoms with E-state index in [1.165, 1.54) is 6.20 Å². The Morgan fingerprint density at radius 2 is 1.63 bits per heavy atom. The van der Waals surface area contributed by atoms with E-state index in [2.05, 4.69) is 20.9 Å². The van der Waals surface area contributed by atoms with Gasteiger partial charge in [0.15, 0.2) is 5.11 Å². The van der Waals surface area contributed by atoms with Gasteiger partial charge in [-0.05, 0) is 29.9 Å². The summed E-state index contributed by atoms with van der Waals surface area (Å²) in [6.07, 6.45) is 1.51. The van der Waals surface area contributed by atoms with Crippen molar-refractivity contribution in [2.75, 3.05) is 5.32 Å². The topological polar surface area (TPSA) is 120 Å². The fourth-order valence-corrected chi connectivity index (χ4v) is 4.55. The van der Waals surface area contributed by atoms with Crippen LogP contribution in [0.5, 0.6) is 5.75 Å². The van der Waals surface area contributed by atoms with Gasteiger partial charge in [0.2, 0.25) is 17.7 Å². The molecule has 4 N–H and O–H groups in total. The molecular weight excluding hydrogens is 404 g/mol. The zero-order valence-corrected chi connectivity index (χ0v) is 16.1. The summed E-state index contributed by atoms with van der Waals surface area (Å²) in [6, 6.07) is 13.5. The summed E-state index contributed by atoms with van der Waals surface area (Å²) in [5, 5.41) is 19.3. The summed E-state index contributed by atoms with van der Waals surface area (Å²) in [4.78, 5) is 43.6. The zero-order chi connectivity index (χ0) is 21.0. The number of amides is 3. The lowest BCUT2D eigenvalue weighted by atomic mass is 9.64. The second kappa shape index (κ2) is 6.33. The van der Waals surface area contributed by atoms with Gasteiger partial charge in [-0.25, -0.2) is 0 Å². The Kier molecular flexibility index (Phi) is 3.84. The van der Waals surface area contributed by atoms with Gasteiger partial charge in [-0.2, -0.15) is 0 Å². The van der Waals surface area contributed by atoms with Gasteiger partial charge in [0.05, 0.1) is 0 Å². The van der Waals surface area contributed by atoms with Crippen LogP contribution in [0.1, 0.15) is 11.1 Å². The highest BCUT2D eigenvalue weighted by Crippen LogP contribution is 2.51. The van der Waals surface area contributed by atoms with Gasteiger partial charge in [0.25, 0.3) is 0 Å². The molecule has 2 aliphatic rings. The van der Waals surface area contributed by atoms with E-state index in [1.807, 2.05) is 0 Å². The first-order chi connectivity index (χ1) is 14.4. The Bertz CT molecular complexity index is 1270. The van der Waals surface area contributed by atoms with E-state index in [4.69, 9.17) is 12.2 Å². The minimum absolute atomic E-state index is 0.110. The molecule has 1 unspecified atom stereocenters. The highest BCUT2D eigenvalue weighted by Gasteiger charge is 2.61. The average Bonchev–Trinajstić information content (AvgIpc) is 3.00. The molecule has 0 bridgehead atoms. The lowest BCUT2D eigenvalue weighted by molar-refractivity contribution is -0.141. The first-order valence-corrected chi connectivity index (χ1v) is 9.49. The van der Waals surface area contributed by atoms with Gasteiger partial charge in [0, 0.05) is 22.8 Å². The van der Waals surface area contributed by atoms with Gasteiger partial charge in [-0.3, -0.25) is 19.4 Å². The predicted molar refractivity (Wildman–Crippen MR) is 112 cm³/mol. The van der Waals surface area contributed by atoms with Crippen molar-refractivity contribution in [1.82, 2.24) is 15.6 Å². The van der Waals surface area contributed by atoms with Crippen molar-refractivity contribution in [3.05, 3.63) is 65.9 Å². The highest BCUT2D eigenvalue weighted by atomic mass is 32.1. The van der Waals surface area contributed by atoms with Crippen LogP contribution in [0.3, 0.4) is 0 Å². The number of carbonyl (C=O) groups excluding carboxylic acids is 3. The molecule has 1 saturated heterocycles. The van der Waals surface area contributed by atoms with Crippen molar-refractivity contribution < 1.29 is 19.5 Å². The number of carbonyl (C=O) groups is 3. The van der Waals surface area contributed by atoms with Crippen LogP contribution in [0.2, 0.25) is 0 Å². The Morgan fingerprint density at radius 3 is 2.40 bits per heavy atom. The molecule has 30 heavy (non-hydrogen) atoms. The van der Waals surface area contributed by atoms with Crippen LogP contribution in [-0.2, 0) is 19.8 Å². The number of fused-ring (bicyclic) bond motifs is 2. The number of para-hydroxylation sites is 1. The molecule has 148 valence electrons. The van der Waals surface area contributed by atoms with Gasteiger partial charge in [-0.15, -0.1) is 0 Å². The van der Waals surface area contributed by atoms with Gasteiger partial charge < -0.3 is 21.1 Å². The number of aromatic hydroxyl groups is 1. The minimum atomic E-state index is -1.81. The molecule has 0 aliphatic carbocycles. The highest BCUT2D eigenvalue weighted by molar-refractivity contribution is 7.80. The lowest BCUT2D eigenvalue weighted by Crippen LogP contribution is -2.63. The molecule has 1 atom stereocenters. The molecule has 1 aromatic heterocycles. The summed E-state index contributed by atoms with van der Waals surface area (Å²) < 4.78 is 0. The number of aromatic nitrogens is 1. The van der Waals surface area contributed by atoms with Crippen molar-refractivity contribution in [3.63, 3.8) is 0 Å². The molecule has 1 fully saturated rings. The summed E-state index contributed by atoms with van der Waals surface area (Å²) >= 11 is 4.91. The number of rotatable bonds is 2. The van der Waals surface area contributed by atoms with E-state index in [1.54, 1.807) is 48.5 Å². The largest absolute Gasteiger partial charge is 0.505 e. The lowest BCUT2D eigenvalue weighted by Gasteiger charge is -2.37. The first kappa shape index (κ1) is 18.2. The van der Waals surface area contributed by atoms with Crippen molar-refractivity contribution in [2.24, 2.45) is 5.92 Å². The molecule has 0 saturated carbocycles. The number of phenols is 1. The molecule has 9 heteroatoms. The maximum Gasteiger partial charge on any atom is 0.241 e. The first-order valence-electron chi connectivity index (χ1n) is 9.08. The van der Waals surface area contributed by atoms with E-state index in [0.717, 1.165) is 0 Å². The maximum atomic E-state index is 13.5. The Hall–Kier alpha value is -3.85. The van der Waals surface area contributed by atoms with Crippen LogP contribution in [0.25, 0.3) is 10.9 Å². The molecule has 3 aromatic rings. The molecule has 5 rings (SSSR count). The fraction of sp³-hybridized carbons (Fsp3) is 0.0952. The second-order valence-electron chi connectivity index (χ2n) is 7.09. The molecule has 3 amide bonds. The quantitative estimate of drug-likeness (QED) is 0.368. The number of hydrogen-bond donors (Lipinski definition) is 4. The molecule has 0 radical (unpaired) electrons. The normalized spacial score (nSPS) is 21.2.